The van der Waals surface area contributed by atoms with E-state index in [1.807, 2.05) is 6.92 Å². The quantitative estimate of drug-likeness (QED) is 0.791. The SMILES string of the molecule is CCOC(=O)CN1CCC[C@@H]1[C@@H]1C[C@H](C)CC[C@H]1O. The summed E-state index contributed by atoms with van der Waals surface area (Å²) >= 11 is 0. The lowest BCUT2D eigenvalue weighted by atomic mass is 9.76. The van der Waals surface area contributed by atoms with Gasteiger partial charge in [-0.05, 0) is 51.5 Å². The van der Waals surface area contributed by atoms with Gasteiger partial charge in [-0.2, -0.15) is 0 Å². The van der Waals surface area contributed by atoms with Crippen LogP contribution in [0.4, 0.5) is 0 Å². The maximum atomic E-state index is 11.6. The van der Waals surface area contributed by atoms with E-state index in [9.17, 15) is 9.90 Å². The molecule has 4 atom stereocenters. The van der Waals surface area contributed by atoms with E-state index in [2.05, 4.69) is 11.8 Å². The Morgan fingerprint density at radius 2 is 2.16 bits per heavy atom. The van der Waals surface area contributed by atoms with Crippen LogP contribution in [0.25, 0.3) is 0 Å². The number of rotatable bonds is 4. The molecule has 4 nitrogen and oxygen atoms in total. The molecular formula is C15H27NO3. The van der Waals surface area contributed by atoms with E-state index in [0.717, 1.165) is 38.6 Å². The molecule has 2 rings (SSSR count). The molecule has 1 heterocycles. The van der Waals surface area contributed by atoms with E-state index >= 15 is 0 Å². The number of hydrogen-bond donors (Lipinski definition) is 1. The van der Waals surface area contributed by atoms with Gasteiger partial charge in [0.25, 0.3) is 0 Å². The van der Waals surface area contributed by atoms with Crippen LogP contribution in [-0.2, 0) is 9.53 Å². The van der Waals surface area contributed by atoms with Crippen LogP contribution < -0.4 is 0 Å². The standard InChI is InChI=1S/C15H27NO3/c1-3-19-15(18)10-16-8-4-5-13(16)12-9-11(2)6-7-14(12)17/h11-14,17H,3-10H2,1-2H3/t11-,12+,13-,14-/m1/s1. The second kappa shape index (κ2) is 6.71. The summed E-state index contributed by atoms with van der Waals surface area (Å²) in [6, 6.07) is 0.363. The van der Waals surface area contributed by atoms with E-state index < -0.39 is 0 Å². The van der Waals surface area contributed by atoms with Crippen LogP contribution in [0.3, 0.4) is 0 Å². The van der Waals surface area contributed by atoms with Crippen molar-refractivity contribution in [2.24, 2.45) is 11.8 Å². The second-order valence-electron chi connectivity index (χ2n) is 6.13. The van der Waals surface area contributed by atoms with Crippen molar-refractivity contribution in [2.45, 2.75) is 58.1 Å². The Labute approximate surface area is 116 Å². The largest absolute Gasteiger partial charge is 0.465 e. The fourth-order valence-electron chi connectivity index (χ4n) is 3.73. The Hall–Kier alpha value is -0.610. The Morgan fingerprint density at radius 3 is 2.89 bits per heavy atom. The van der Waals surface area contributed by atoms with Gasteiger partial charge in [0, 0.05) is 12.0 Å². The normalized spacial score (nSPS) is 36.4. The second-order valence-corrected chi connectivity index (χ2v) is 6.13. The van der Waals surface area contributed by atoms with Crippen molar-refractivity contribution in [2.75, 3.05) is 19.7 Å². The molecule has 1 aliphatic carbocycles. The Bertz CT molecular complexity index is 308. The first-order valence-corrected chi connectivity index (χ1v) is 7.69. The number of carbonyl (C=O) groups is 1. The molecule has 110 valence electrons. The summed E-state index contributed by atoms with van der Waals surface area (Å²) in [6.45, 7) is 5.90. The summed E-state index contributed by atoms with van der Waals surface area (Å²) < 4.78 is 5.04. The van der Waals surface area contributed by atoms with Crippen LogP contribution >= 0.6 is 0 Å². The van der Waals surface area contributed by atoms with Gasteiger partial charge in [0.05, 0.1) is 19.3 Å². The predicted octanol–water partition coefficient (Wildman–Crippen LogP) is 1.81. The van der Waals surface area contributed by atoms with Crippen molar-refractivity contribution >= 4 is 5.97 Å². The third kappa shape index (κ3) is 3.69. The zero-order valence-electron chi connectivity index (χ0n) is 12.2. The lowest BCUT2D eigenvalue weighted by Gasteiger charge is -2.39. The molecule has 0 bridgehead atoms. The molecule has 0 radical (unpaired) electrons. The molecule has 1 N–H and O–H groups in total. The number of ether oxygens (including phenoxy) is 1. The summed E-state index contributed by atoms with van der Waals surface area (Å²) in [5.41, 5.74) is 0. The van der Waals surface area contributed by atoms with Crippen molar-refractivity contribution in [1.82, 2.24) is 4.90 Å². The van der Waals surface area contributed by atoms with Gasteiger partial charge >= 0.3 is 5.97 Å². The van der Waals surface area contributed by atoms with E-state index in [4.69, 9.17) is 4.74 Å². The van der Waals surface area contributed by atoms with Crippen molar-refractivity contribution < 1.29 is 14.6 Å². The number of esters is 1. The first-order valence-electron chi connectivity index (χ1n) is 7.69. The minimum Gasteiger partial charge on any atom is -0.465 e. The van der Waals surface area contributed by atoms with E-state index in [1.165, 1.54) is 0 Å². The van der Waals surface area contributed by atoms with Crippen molar-refractivity contribution in [3.63, 3.8) is 0 Å². The van der Waals surface area contributed by atoms with Crippen molar-refractivity contribution in [3.8, 4) is 0 Å². The first-order chi connectivity index (χ1) is 9.11. The van der Waals surface area contributed by atoms with E-state index in [1.54, 1.807) is 0 Å². The van der Waals surface area contributed by atoms with Gasteiger partial charge in [0.1, 0.15) is 0 Å². The van der Waals surface area contributed by atoms with Crippen LogP contribution in [-0.4, -0.2) is 47.8 Å². The molecule has 0 spiro atoms. The van der Waals surface area contributed by atoms with Gasteiger partial charge in [0.2, 0.25) is 0 Å². The highest BCUT2D eigenvalue weighted by Gasteiger charge is 2.39. The molecule has 0 aromatic carbocycles. The van der Waals surface area contributed by atoms with Crippen molar-refractivity contribution in [1.29, 1.82) is 0 Å². The van der Waals surface area contributed by atoms with Gasteiger partial charge in [-0.15, -0.1) is 0 Å². The molecule has 0 amide bonds. The molecule has 2 fully saturated rings. The Balaban J connectivity index is 1.95. The van der Waals surface area contributed by atoms with Crippen LogP contribution in [0.5, 0.6) is 0 Å². The minimum absolute atomic E-state index is 0.132. The zero-order valence-corrected chi connectivity index (χ0v) is 12.2. The average Bonchev–Trinajstić information content (AvgIpc) is 2.80. The number of likely N-dealkylation sites (tertiary alicyclic amines) is 1. The van der Waals surface area contributed by atoms with E-state index in [0.29, 0.717) is 31.0 Å². The summed E-state index contributed by atoms with van der Waals surface area (Å²) in [6.07, 6.45) is 5.17. The third-order valence-electron chi connectivity index (χ3n) is 4.67. The Kier molecular flexibility index (Phi) is 5.22. The topological polar surface area (TPSA) is 49.8 Å². The summed E-state index contributed by atoms with van der Waals surface area (Å²) in [7, 11) is 0. The monoisotopic (exact) mass is 269 g/mol. The van der Waals surface area contributed by atoms with Gasteiger partial charge in [-0.25, -0.2) is 0 Å². The molecular weight excluding hydrogens is 242 g/mol. The van der Waals surface area contributed by atoms with Gasteiger partial charge in [0.15, 0.2) is 0 Å². The third-order valence-corrected chi connectivity index (χ3v) is 4.67. The number of carbonyl (C=O) groups excluding carboxylic acids is 1. The van der Waals surface area contributed by atoms with Crippen LogP contribution in [0.15, 0.2) is 0 Å². The molecule has 0 aromatic rings. The number of aliphatic hydroxyl groups is 1. The summed E-state index contributed by atoms with van der Waals surface area (Å²) in [5, 5.41) is 10.3. The highest BCUT2D eigenvalue weighted by atomic mass is 16.5. The molecule has 2 aliphatic rings. The maximum Gasteiger partial charge on any atom is 0.320 e. The van der Waals surface area contributed by atoms with E-state index in [-0.39, 0.29) is 12.1 Å². The lowest BCUT2D eigenvalue weighted by Crippen LogP contribution is -2.45. The predicted molar refractivity (Wildman–Crippen MR) is 73.7 cm³/mol. The minimum atomic E-state index is -0.191. The summed E-state index contributed by atoms with van der Waals surface area (Å²) in [4.78, 5) is 13.9. The molecule has 0 unspecified atom stereocenters. The Morgan fingerprint density at radius 1 is 1.37 bits per heavy atom. The zero-order chi connectivity index (χ0) is 13.8. The fourth-order valence-corrected chi connectivity index (χ4v) is 3.73. The molecule has 19 heavy (non-hydrogen) atoms. The smallest absolute Gasteiger partial charge is 0.320 e. The average molecular weight is 269 g/mol. The summed E-state index contributed by atoms with van der Waals surface area (Å²) in [5.74, 6) is 0.895. The van der Waals surface area contributed by atoms with Crippen LogP contribution in [0, 0.1) is 11.8 Å². The van der Waals surface area contributed by atoms with Crippen LogP contribution in [0.2, 0.25) is 0 Å². The highest BCUT2D eigenvalue weighted by molar-refractivity contribution is 5.71. The maximum absolute atomic E-state index is 11.6. The van der Waals surface area contributed by atoms with Crippen LogP contribution in [0.1, 0.15) is 46.0 Å². The highest BCUT2D eigenvalue weighted by Crippen LogP contribution is 2.36. The van der Waals surface area contributed by atoms with Crippen molar-refractivity contribution in [3.05, 3.63) is 0 Å². The lowest BCUT2D eigenvalue weighted by molar-refractivity contribution is -0.145. The first kappa shape index (κ1) is 14.8. The van der Waals surface area contributed by atoms with Gasteiger partial charge in [-0.1, -0.05) is 6.92 Å². The molecule has 1 aliphatic heterocycles. The molecule has 1 saturated carbocycles. The number of nitrogens with zero attached hydrogens (tertiary/aromatic N) is 1. The molecule has 4 heteroatoms. The fraction of sp³-hybridized carbons (Fsp3) is 0.933. The molecule has 0 aromatic heterocycles. The van der Waals surface area contributed by atoms with Gasteiger partial charge in [-0.3, -0.25) is 9.69 Å². The van der Waals surface area contributed by atoms with Gasteiger partial charge < -0.3 is 9.84 Å². The number of hydrogen-bond acceptors (Lipinski definition) is 4. The number of aliphatic hydroxyl groups excluding tert-OH is 1. The molecule has 1 saturated heterocycles.